The highest BCUT2D eigenvalue weighted by atomic mass is 16.6. The van der Waals surface area contributed by atoms with Crippen LogP contribution >= 0.6 is 0 Å². The highest BCUT2D eigenvalue weighted by Gasteiger charge is 2.26. The summed E-state index contributed by atoms with van der Waals surface area (Å²) in [6.45, 7) is 3.53. The Kier molecular flexibility index (Phi) is 2.32. The molecule has 1 heterocycles. The predicted molar refractivity (Wildman–Crippen MR) is 57.1 cm³/mol. The second-order valence-corrected chi connectivity index (χ2v) is 3.31. The van der Waals surface area contributed by atoms with Crippen LogP contribution in [0, 0.1) is 10.1 Å². The lowest BCUT2D eigenvalue weighted by molar-refractivity contribution is -0.385. The maximum Gasteiger partial charge on any atom is 0.295 e. The summed E-state index contributed by atoms with van der Waals surface area (Å²) in [5, 5.41) is 10.8. The van der Waals surface area contributed by atoms with E-state index in [0.29, 0.717) is 17.7 Å². The molecule has 0 spiro atoms. The van der Waals surface area contributed by atoms with E-state index in [4.69, 9.17) is 0 Å². The fourth-order valence-corrected chi connectivity index (χ4v) is 1.56. The number of rotatable bonds is 3. The summed E-state index contributed by atoms with van der Waals surface area (Å²) in [4.78, 5) is 21.5. The molecule has 1 aromatic carbocycles. The van der Waals surface area contributed by atoms with Crippen LogP contribution in [0.15, 0.2) is 24.8 Å². The van der Waals surface area contributed by atoms with Crippen molar-refractivity contribution in [2.45, 2.75) is 6.42 Å². The number of allylic oxidation sites excluding steroid dienone is 1. The third kappa shape index (κ3) is 1.50. The number of carbonyl (C=O) groups is 1. The standard InChI is InChI=1S/C10H8N3O3/c1-2-3-6-4-8-7(10(14)12-11-8)5-9(6)13(15)16/h2,4-5,11H,1,3H2. The van der Waals surface area contributed by atoms with E-state index in [9.17, 15) is 14.9 Å². The van der Waals surface area contributed by atoms with Gasteiger partial charge in [0, 0.05) is 11.6 Å². The lowest BCUT2D eigenvalue weighted by Gasteiger charge is -2.02. The highest BCUT2D eigenvalue weighted by molar-refractivity contribution is 6.04. The zero-order valence-electron chi connectivity index (χ0n) is 8.27. The molecule has 16 heavy (non-hydrogen) atoms. The quantitative estimate of drug-likeness (QED) is 0.472. The predicted octanol–water partition coefficient (Wildman–Crippen LogP) is 1.41. The summed E-state index contributed by atoms with van der Waals surface area (Å²) in [7, 11) is 0. The number of nitrogens with one attached hydrogen (secondary N) is 1. The molecule has 1 N–H and O–H groups in total. The molecule has 0 saturated carbocycles. The van der Waals surface area contributed by atoms with Crippen LogP contribution in [0.25, 0.3) is 0 Å². The molecule has 6 nitrogen and oxygen atoms in total. The first-order valence-electron chi connectivity index (χ1n) is 4.56. The number of amides is 1. The van der Waals surface area contributed by atoms with Gasteiger partial charge in [-0.15, -0.1) is 12.0 Å². The van der Waals surface area contributed by atoms with Crippen molar-refractivity contribution in [3.05, 3.63) is 46.0 Å². The lowest BCUT2D eigenvalue weighted by atomic mass is 10.0. The molecular formula is C10H8N3O3. The molecule has 0 fully saturated rings. The van der Waals surface area contributed by atoms with E-state index in [1.54, 1.807) is 12.1 Å². The number of nitro groups is 1. The number of anilines is 1. The van der Waals surface area contributed by atoms with Gasteiger partial charge < -0.3 is 0 Å². The van der Waals surface area contributed by atoms with Crippen LogP contribution < -0.4 is 10.9 Å². The maximum atomic E-state index is 11.2. The number of nitro benzene ring substituents is 1. The Hall–Kier alpha value is -2.37. The minimum absolute atomic E-state index is 0.0779. The first-order chi connectivity index (χ1) is 7.63. The van der Waals surface area contributed by atoms with Gasteiger partial charge in [-0.25, -0.2) is 0 Å². The van der Waals surface area contributed by atoms with Gasteiger partial charge in [-0.2, -0.15) is 0 Å². The first-order valence-corrected chi connectivity index (χ1v) is 4.56. The molecule has 0 unspecified atom stereocenters. The Labute approximate surface area is 91.1 Å². The molecular weight excluding hydrogens is 210 g/mol. The van der Waals surface area contributed by atoms with Crippen LogP contribution in [-0.2, 0) is 6.42 Å². The molecule has 81 valence electrons. The van der Waals surface area contributed by atoms with Gasteiger partial charge in [-0.3, -0.25) is 20.3 Å². The first kappa shape index (κ1) is 10.2. The molecule has 0 bridgehead atoms. The Morgan fingerprint density at radius 2 is 2.31 bits per heavy atom. The molecule has 0 aromatic heterocycles. The zero-order chi connectivity index (χ0) is 11.7. The second-order valence-electron chi connectivity index (χ2n) is 3.31. The molecule has 0 saturated heterocycles. The van der Waals surface area contributed by atoms with Crippen molar-refractivity contribution in [1.82, 2.24) is 5.43 Å². The summed E-state index contributed by atoms with van der Waals surface area (Å²) < 4.78 is 0. The third-order valence-corrected chi connectivity index (χ3v) is 2.29. The maximum absolute atomic E-state index is 11.2. The van der Waals surface area contributed by atoms with E-state index in [2.05, 4.69) is 17.4 Å². The van der Waals surface area contributed by atoms with Gasteiger partial charge in [0.15, 0.2) is 0 Å². The Morgan fingerprint density at radius 3 is 2.94 bits per heavy atom. The van der Waals surface area contributed by atoms with E-state index in [-0.39, 0.29) is 11.3 Å². The molecule has 1 aromatic rings. The zero-order valence-corrected chi connectivity index (χ0v) is 8.27. The Balaban J connectivity index is 2.58. The fraction of sp³-hybridized carbons (Fsp3) is 0.100. The van der Waals surface area contributed by atoms with Crippen molar-refractivity contribution in [1.29, 1.82) is 0 Å². The Bertz CT molecular complexity index is 496. The molecule has 1 aliphatic rings. The largest absolute Gasteiger partial charge is 0.295 e. The van der Waals surface area contributed by atoms with Crippen LogP contribution in [0.5, 0.6) is 0 Å². The normalized spacial score (nSPS) is 12.6. The average molecular weight is 218 g/mol. The topological polar surface area (TPSA) is 86.3 Å². The van der Waals surface area contributed by atoms with E-state index < -0.39 is 10.8 Å². The average Bonchev–Trinajstić information content (AvgIpc) is 2.59. The van der Waals surface area contributed by atoms with Gasteiger partial charge in [0.05, 0.1) is 16.2 Å². The van der Waals surface area contributed by atoms with Gasteiger partial charge >= 0.3 is 0 Å². The minimum Gasteiger partial charge on any atom is -0.274 e. The van der Waals surface area contributed by atoms with Gasteiger partial charge in [0.1, 0.15) is 0 Å². The summed E-state index contributed by atoms with van der Waals surface area (Å²) in [6.07, 6.45) is 1.95. The van der Waals surface area contributed by atoms with Crippen molar-refractivity contribution in [2.75, 3.05) is 5.43 Å². The molecule has 1 amide bonds. The fourth-order valence-electron chi connectivity index (χ4n) is 1.56. The van der Waals surface area contributed by atoms with Gasteiger partial charge in [-0.1, -0.05) is 6.08 Å². The van der Waals surface area contributed by atoms with Gasteiger partial charge in [0.2, 0.25) is 0 Å². The SMILES string of the molecule is C=CCc1cc2c(cc1[N+](=O)[O-])C(=O)[N]N2. The van der Waals surface area contributed by atoms with Crippen LogP contribution in [0.2, 0.25) is 0 Å². The van der Waals surface area contributed by atoms with E-state index >= 15 is 0 Å². The monoisotopic (exact) mass is 218 g/mol. The molecule has 1 aliphatic heterocycles. The van der Waals surface area contributed by atoms with Crippen LogP contribution in [-0.4, -0.2) is 10.8 Å². The molecule has 1 radical (unpaired) electrons. The van der Waals surface area contributed by atoms with Gasteiger partial charge in [0.25, 0.3) is 11.6 Å². The number of hydrogen-bond acceptors (Lipinski definition) is 4. The minimum atomic E-state index is -0.509. The number of hydrogen-bond donors (Lipinski definition) is 1. The van der Waals surface area contributed by atoms with Gasteiger partial charge in [-0.05, 0) is 12.5 Å². The van der Waals surface area contributed by atoms with E-state index in [1.165, 1.54) is 6.07 Å². The summed E-state index contributed by atoms with van der Waals surface area (Å²) in [5.41, 5.74) is 7.18. The third-order valence-electron chi connectivity index (χ3n) is 2.29. The molecule has 0 atom stereocenters. The van der Waals surface area contributed by atoms with E-state index in [1.807, 2.05) is 0 Å². The van der Waals surface area contributed by atoms with Crippen LogP contribution in [0.3, 0.4) is 0 Å². The molecule has 6 heteroatoms. The van der Waals surface area contributed by atoms with Crippen LogP contribution in [0.4, 0.5) is 11.4 Å². The highest BCUT2D eigenvalue weighted by Crippen LogP contribution is 2.30. The van der Waals surface area contributed by atoms with Crippen LogP contribution in [0.1, 0.15) is 15.9 Å². The van der Waals surface area contributed by atoms with Crippen molar-refractivity contribution in [2.24, 2.45) is 0 Å². The van der Waals surface area contributed by atoms with Crippen molar-refractivity contribution in [3.63, 3.8) is 0 Å². The van der Waals surface area contributed by atoms with Crippen molar-refractivity contribution < 1.29 is 9.72 Å². The number of fused-ring (bicyclic) bond motifs is 1. The summed E-state index contributed by atoms with van der Waals surface area (Å²) in [6, 6.07) is 2.81. The van der Waals surface area contributed by atoms with Crippen molar-refractivity contribution in [3.8, 4) is 0 Å². The summed E-state index contributed by atoms with van der Waals surface area (Å²) in [5.74, 6) is -0.483. The van der Waals surface area contributed by atoms with Crippen molar-refractivity contribution >= 4 is 17.3 Å². The smallest absolute Gasteiger partial charge is 0.274 e. The molecule has 0 aliphatic carbocycles. The number of carbonyl (C=O) groups excluding carboxylic acids is 1. The number of nitrogens with zero attached hydrogens (tertiary/aromatic N) is 2. The van der Waals surface area contributed by atoms with E-state index in [0.717, 1.165) is 0 Å². The lowest BCUT2D eigenvalue weighted by Crippen LogP contribution is -2.10. The molecule has 2 rings (SSSR count). The number of benzene rings is 1. The second kappa shape index (κ2) is 3.65. The summed E-state index contributed by atoms with van der Waals surface area (Å²) >= 11 is 0. The Morgan fingerprint density at radius 1 is 1.56 bits per heavy atom.